The van der Waals surface area contributed by atoms with Crippen LogP contribution in [0, 0.1) is 0 Å². The van der Waals surface area contributed by atoms with E-state index in [1.807, 2.05) is 0 Å². The minimum absolute atomic E-state index is 0. The summed E-state index contributed by atoms with van der Waals surface area (Å²) in [6.45, 7) is 4.61. The van der Waals surface area contributed by atoms with E-state index >= 15 is 0 Å². The summed E-state index contributed by atoms with van der Waals surface area (Å²) in [5.74, 6) is 0. The average Bonchev–Trinajstić information content (AvgIpc) is 2.94. The molecule has 0 saturated carbocycles. The number of rotatable bonds is 4. The van der Waals surface area contributed by atoms with Crippen molar-refractivity contribution in [3.63, 3.8) is 0 Å². The molecule has 5 rings (SSSR count). The third-order valence-corrected chi connectivity index (χ3v) is 10.2. The molecule has 0 N–H and O–H groups in total. The van der Waals surface area contributed by atoms with Gasteiger partial charge in [0.1, 0.15) is 0 Å². The first-order chi connectivity index (χ1) is 17.8. The van der Waals surface area contributed by atoms with E-state index in [1.54, 1.807) is 0 Å². The molecule has 0 aromatic heterocycles. The van der Waals surface area contributed by atoms with Gasteiger partial charge in [-0.15, -0.1) is 0 Å². The van der Waals surface area contributed by atoms with E-state index < -0.39 is 0 Å². The van der Waals surface area contributed by atoms with E-state index in [0.29, 0.717) is 0 Å². The topological polar surface area (TPSA) is 0 Å². The molecular weight excluding hydrogens is 663 g/mol. The molecule has 1 aliphatic rings. The van der Waals surface area contributed by atoms with E-state index in [2.05, 4.69) is 159 Å². The van der Waals surface area contributed by atoms with E-state index in [-0.39, 0.29) is 35.9 Å². The zero-order valence-corrected chi connectivity index (χ0v) is 26.1. The fourth-order valence-electron chi connectivity index (χ4n) is 3.78. The molecular formula is C34H38IrP2. The molecule has 37 heavy (non-hydrogen) atoms. The average molecular weight is 701 g/mol. The number of benzene rings is 4. The summed E-state index contributed by atoms with van der Waals surface area (Å²) >= 11 is 0. The zero-order chi connectivity index (χ0) is 25.3. The van der Waals surface area contributed by atoms with E-state index in [4.69, 9.17) is 0 Å². The molecule has 0 bridgehead atoms. The van der Waals surface area contributed by atoms with Crippen molar-refractivity contribution in [3.8, 4) is 0 Å². The van der Waals surface area contributed by atoms with E-state index in [9.17, 15) is 0 Å². The molecule has 0 unspecified atom stereocenters. The first-order valence-corrected chi connectivity index (χ1v) is 16.3. The van der Waals surface area contributed by atoms with Gasteiger partial charge in [-0.1, -0.05) is 146 Å². The van der Waals surface area contributed by atoms with Crippen LogP contribution in [0.5, 0.6) is 0 Å². The zero-order valence-electron chi connectivity index (χ0n) is 21.9. The van der Waals surface area contributed by atoms with Gasteiger partial charge in [-0.2, -0.15) is 0 Å². The fourth-order valence-corrected chi connectivity index (χ4v) is 6.85. The first kappa shape index (κ1) is 31.1. The smallest absolute Gasteiger partial charge is 0 e. The predicted molar refractivity (Wildman–Crippen MR) is 167 cm³/mol. The maximum absolute atomic E-state index is 2.31. The maximum Gasteiger partial charge on any atom is 0 e. The van der Waals surface area contributed by atoms with Gasteiger partial charge in [0.25, 0.3) is 0 Å². The quantitative estimate of drug-likeness (QED) is 0.189. The van der Waals surface area contributed by atoms with Crippen LogP contribution in [-0.4, -0.2) is 13.3 Å². The Hall–Kier alpha value is -2.13. The number of hydrogen-bond acceptors (Lipinski definition) is 0. The first-order valence-electron chi connectivity index (χ1n) is 12.7. The summed E-state index contributed by atoms with van der Waals surface area (Å²) in [6, 6.07) is 42.8. The molecule has 1 radical (unpaired) electrons. The molecule has 4 aromatic carbocycles. The molecule has 0 nitrogen and oxygen atoms in total. The van der Waals surface area contributed by atoms with Gasteiger partial charge in [0, 0.05) is 20.1 Å². The third kappa shape index (κ3) is 11.9. The van der Waals surface area contributed by atoms with Crippen LogP contribution in [0.25, 0.3) is 0 Å². The summed E-state index contributed by atoms with van der Waals surface area (Å²) in [4.78, 5) is 0. The summed E-state index contributed by atoms with van der Waals surface area (Å²) in [5, 5.41) is 5.75. The largest absolute Gasteiger partial charge is 0.0845 e. The summed E-state index contributed by atoms with van der Waals surface area (Å²) in [6.07, 6.45) is 14.0. The minimum Gasteiger partial charge on any atom is -0.0845 e. The van der Waals surface area contributed by atoms with Crippen LogP contribution < -0.4 is 21.2 Å². The number of allylic oxidation sites excluding steroid dienone is 4. The molecule has 1 aliphatic carbocycles. The molecule has 0 saturated heterocycles. The van der Waals surface area contributed by atoms with Crippen molar-refractivity contribution in [3.05, 3.63) is 146 Å². The molecule has 4 aromatic rings. The Bertz CT molecular complexity index is 970. The Kier molecular flexibility index (Phi) is 16.0. The second-order valence-corrected chi connectivity index (χ2v) is 12.9. The molecule has 0 amide bonds. The van der Waals surface area contributed by atoms with Crippen LogP contribution in [0.1, 0.15) is 25.7 Å². The van der Waals surface area contributed by atoms with Crippen molar-refractivity contribution in [2.24, 2.45) is 0 Å². The summed E-state index contributed by atoms with van der Waals surface area (Å²) in [7, 11) is -0.342. The van der Waals surface area contributed by atoms with Crippen molar-refractivity contribution in [1.82, 2.24) is 0 Å². The van der Waals surface area contributed by atoms with Crippen LogP contribution in [0.15, 0.2) is 146 Å². The van der Waals surface area contributed by atoms with Crippen molar-refractivity contribution in [2.45, 2.75) is 25.7 Å². The van der Waals surface area contributed by atoms with Crippen LogP contribution >= 0.6 is 15.8 Å². The van der Waals surface area contributed by atoms with Crippen LogP contribution in [0.4, 0.5) is 0 Å². The Morgan fingerprint density at radius 1 is 0.405 bits per heavy atom. The van der Waals surface area contributed by atoms with Gasteiger partial charge in [-0.25, -0.2) is 0 Å². The maximum atomic E-state index is 2.31. The number of hydrogen-bond donors (Lipinski definition) is 0. The Balaban J connectivity index is 0.000000200. The van der Waals surface area contributed by atoms with Gasteiger partial charge in [-0.3, -0.25) is 0 Å². The Labute approximate surface area is 240 Å². The molecule has 193 valence electrons. The van der Waals surface area contributed by atoms with E-state index in [0.717, 1.165) is 0 Å². The molecule has 0 heterocycles. The second-order valence-electron chi connectivity index (χ2n) is 8.60. The molecule has 0 spiro atoms. The molecule has 0 aliphatic heterocycles. The summed E-state index contributed by atoms with van der Waals surface area (Å²) in [5.41, 5.74) is 0. The van der Waals surface area contributed by atoms with Crippen molar-refractivity contribution in [1.29, 1.82) is 0 Å². The van der Waals surface area contributed by atoms with Gasteiger partial charge in [0.15, 0.2) is 0 Å². The van der Waals surface area contributed by atoms with Crippen LogP contribution in [0.3, 0.4) is 0 Å². The van der Waals surface area contributed by atoms with Crippen molar-refractivity contribution >= 4 is 37.1 Å². The van der Waals surface area contributed by atoms with Crippen LogP contribution in [-0.2, 0) is 20.1 Å². The molecule has 3 heteroatoms. The van der Waals surface area contributed by atoms with Gasteiger partial charge in [0.05, 0.1) is 0 Å². The minimum atomic E-state index is -0.171. The Morgan fingerprint density at radius 2 is 0.649 bits per heavy atom. The predicted octanol–water partition coefficient (Wildman–Crippen LogP) is 8.17. The van der Waals surface area contributed by atoms with Gasteiger partial charge < -0.3 is 0 Å². The van der Waals surface area contributed by atoms with Crippen LogP contribution in [0.2, 0.25) is 0 Å². The van der Waals surface area contributed by atoms with Crippen molar-refractivity contribution < 1.29 is 20.1 Å². The van der Waals surface area contributed by atoms with Crippen molar-refractivity contribution in [2.75, 3.05) is 13.3 Å². The van der Waals surface area contributed by atoms with Gasteiger partial charge in [-0.05, 0) is 76.1 Å². The van der Waals surface area contributed by atoms with Gasteiger partial charge >= 0.3 is 0 Å². The molecule has 0 atom stereocenters. The summed E-state index contributed by atoms with van der Waals surface area (Å²) < 4.78 is 0. The SMILES string of the molecule is C1=CCCCCC=C1.CP(c1ccccc1)c1ccccc1.CP(c1ccccc1)c1ccccc1.[Ir]. The standard InChI is InChI=1S/2C13H13P.C8H12.Ir/c2*1-14(12-8-4-2-5-9-12)13-10-6-3-7-11-13;1-2-4-6-8-7-5-3-1;/h2*2-11H,1H3;1-4H,5-8H2;. The van der Waals surface area contributed by atoms with Gasteiger partial charge in [0.2, 0.25) is 0 Å². The normalized spacial score (nSPS) is 12.2. The molecule has 0 fully saturated rings. The second kappa shape index (κ2) is 19.0. The Morgan fingerprint density at radius 3 is 0.892 bits per heavy atom. The fraction of sp³-hybridized carbons (Fsp3) is 0.176. The monoisotopic (exact) mass is 701 g/mol. The van der Waals surface area contributed by atoms with E-state index in [1.165, 1.54) is 46.9 Å². The third-order valence-electron chi connectivity index (χ3n) is 5.95.